The number of rotatable bonds is 5. The van der Waals surface area contributed by atoms with Gasteiger partial charge in [0.1, 0.15) is 11.3 Å². The maximum atomic E-state index is 13.5. The van der Waals surface area contributed by atoms with Crippen LogP contribution < -0.4 is 4.74 Å². The van der Waals surface area contributed by atoms with E-state index in [1.54, 1.807) is 7.11 Å². The van der Waals surface area contributed by atoms with Crippen LogP contribution in [-0.4, -0.2) is 59.6 Å². The van der Waals surface area contributed by atoms with Crippen molar-refractivity contribution in [2.24, 2.45) is 5.92 Å². The molecule has 3 rings (SSSR count). The molecule has 2 fully saturated rings. The van der Waals surface area contributed by atoms with Gasteiger partial charge < -0.3 is 14.7 Å². The van der Waals surface area contributed by atoms with Gasteiger partial charge in [-0.05, 0) is 50.4 Å². The highest BCUT2D eigenvalue weighted by atomic mass is 16.5. The van der Waals surface area contributed by atoms with Crippen LogP contribution in [0.2, 0.25) is 0 Å². The van der Waals surface area contributed by atoms with Crippen LogP contribution in [0.1, 0.15) is 57.1 Å². The summed E-state index contributed by atoms with van der Waals surface area (Å²) < 4.78 is 5.26. The van der Waals surface area contributed by atoms with E-state index in [2.05, 4.69) is 0 Å². The van der Waals surface area contributed by atoms with Gasteiger partial charge in [0, 0.05) is 19.1 Å². The summed E-state index contributed by atoms with van der Waals surface area (Å²) in [6, 6.07) is 7.41. The number of carbonyl (C=O) groups is 2. The number of amides is 1. The van der Waals surface area contributed by atoms with Crippen LogP contribution in [0.15, 0.2) is 24.3 Å². The van der Waals surface area contributed by atoms with Crippen LogP contribution in [0.3, 0.4) is 0 Å². The molecule has 2 aliphatic heterocycles. The first-order valence-electron chi connectivity index (χ1n) is 10.3. The number of aliphatic carboxylic acids is 1. The molecular weight excluding hydrogens is 356 g/mol. The van der Waals surface area contributed by atoms with Gasteiger partial charge in [-0.15, -0.1) is 0 Å². The smallest absolute Gasteiger partial charge is 0.324 e. The molecule has 2 aliphatic rings. The Labute approximate surface area is 167 Å². The molecule has 0 radical (unpaired) electrons. The lowest BCUT2D eigenvalue weighted by Crippen LogP contribution is -2.48. The second kappa shape index (κ2) is 8.52. The van der Waals surface area contributed by atoms with E-state index in [9.17, 15) is 14.7 Å². The third kappa shape index (κ3) is 3.62. The summed E-state index contributed by atoms with van der Waals surface area (Å²) in [5.74, 6) is -0.347. The van der Waals surface area contributed by atoms with Crippen molar-refractivity contribution in [3.63, 3.8) is 0 Å². The average Bonchev–Trinajstić information content (AvgIpc) is 2.86. The van der Waals surface area contributed by atoms with Crippen LogP contribution >= 0.6 is 0 Å². The molecule has 28 heavy (non-hydrogen) atoms. The van der Waals surface area contributed by atoms with Gasteiger partial charge in [0.15, 0.2) is 0 Å². The fraction of sp³-hybridized carbons (Fsp3) is 0.636. The SMILES string of the molecule is CC[C@@]1(C(=O)O)C[C@H](C(=O)N2CCCCCC2)[C@H](c2ccc(OC)cc2)N1C. The Morgan fingerprint density at radius 1 is 1.14 bits per heavy atom. The number of carboxylic acid groups (broad SMARTS) is 1. The van der Waals surface area contributed by atoms with Crippen molar-refractivity contribution in [1.82, 2.24) is 9.80 Å². The molecule has 1 N–H and O–H groups in total. The number of nitrogens with zero attached hydrogens (tertiary/aromatic N) is 2. The van der Waals surface area contributed by atoms with E-state index in [1.807, 2.05) is 48.0 Å². The third-order valence-corrected chi connectivity index (χ3v) is 6.71. The molecule has 2 heterocycles. The molecule has 2 saturated heterocycles. The first-order valence-corrected chi connectivity index (χ1v) is 10.3. The van der Waals surface area contributed by atoms with Gasteiger partial charge in [0.2, 0.25) is 5.91 Å². The van der Waals surface area contributed by atoms with Crippen molar-refractivity contribution in [1.29, 1.82) is 0 Å². The molecule has 3 atom stereocenters. The number of carboxylic acids is 1. The zero-order valence-corrected chi connectivity index (χ0v) is 17.2. The number of likely N-dealkylation sites (N-methyl/N-ethyl adjacent to an activating group) is 1. The van der Waals surface area contributed by atoms with Crippen molar-refractivity contribution in [2.45, 2.75) is 57.0 Å². The van der Waals surface area contributed by atoms with Crippen LogP contribution in [-0.2, 0) is 9.59 Å². The highest BCUT2D eigenvalue weighted by molar-refractivity contribution is 5.85. The van der Waals surface area contributed by atoms with E-state index in [0.717, 1.165) is 50.1 Å². The number of hydrogen-bond acceptors (Lipinski definition) is 4. The summed E-state index contributed by atoms with van der Waals surface area (Å²) in [5, 5.41) is 10.0. The number of likely N-dealkylation sites (tertiary alicyclic amines) is 2. The molecule has 1 amide bonds. The van der Waals surface area contributed by atoms with Gasteiger partial charge in [0.05, 0.1) is 13.0 Å². The van der Waals surface area contributed by atoms with Crippen LogP contribution in [0.4, 0.5) is 0 Å². The standard InChI is InChI=1S/C22H32N2O4/c1-4-22(21(26)27)15-18(20(25)24-13-7-5-6-8-14-24)19(23(22)2)16-9-11-17(28-3)12-10-16/h9-12,18-19H,4-8,13-15H2,1-3H3,(H,26,27)/t18-,19-,22-/m0/s1. The van der Waals surface area contributed by atoms with Gasteiger partial charge in [-0.1, -0.05) is 31.9 Å². The zero-order valence-electron chi connectivity index (χ0n) is 17.2. The molecule has 1 aromatic carbocycles. The lowest BCUT2D eigenvalue weighted by Gasteiger charge is -2.34. The monoisotopic (exact) mass is 388 g/mol. The number of carbonyl (C=O) groups excluding carboxylic acids is 1. The van der Waals surface area contributed by atoms with E-state index in [-0.39, 0.29) is 17.9 Å². The highest BCUT2D eigenvalue weighted by Gasteiger charge is 2.56. The Hall–Kier alpha value is -2.08. The molecule has 0 aromatic heterocycles. The summed E-state index contributed by atoms with van der Waals surface area (Å²) in [6.45, 7) is 3.45. The average molecular weight is 389 g/mol. The second-order valence-electron chi connectivity index (χ2n) is 8.07. The largest absolute Gasteiger partial charge is 0.497 e. The third-order valence-electron chi connectivity index (χ3n) is 6.71. The van der Waals surface area contributed by atoms with Gasteiger partial charge >= 0.3 is 5.97 Å². The van der Waals surface area contributed by atoms with E-state index < -0.39 is 11.5 Å². The van der Waals surface area contributed by atoms with E-state index in [4.69, 9.17) is 4.74 Å². The summed E-state index contributed by atoms with van der Waals surface area (Å²) in [7, 11) is 3.47. The first kappa shape index (κ1) is 20.6. The predicted octanol–water partition coefficient (Wildman–Crippen LogP) is 3.32. The summed E-state index contributed by atoms with van der Waals surface area (Å²) in [4.78, 5) is 29.7. The normalized spacial score (nSPS) is 28.8. The Morgan fingerprint density at radius 3 is 2.25 bits per heavy atom. The van der Waals surface area contributed by atoms with Crippen molar-refractivity contribution in [3.8, 4) is 5.75 Å². The fourth-order valence-corrected chi connectivity index (χ4v) is 4.94. The molecule has 1 aromatic rings. The Kier molecular flexibility index (Phi) is 6.28. The van der Waals surface area contributed by atoms with Gasteiger partial charge in [-0.3, -0.25) is 14.5 Å². The lowest BCUT2D eigenvalue weighted by molar-refractivity contribution is -0.150. The van der Waals surface area contributed by atoms with E-state index >= 15 is 0 Å². The molecule has 0 bridgehead atoms. The number of methoxy groups -OCH3 is 1. The summed E-state index contributed by atoms with van der Waals surface area (Å²) in [6.07, 6.45) is 5.18. The van der Waals surface area contributed by atoms with Crippen molar-refractivity contribution in [2.75, 3.05) is 27.2 Å². The molecule has 0 saturated carbocycles. The molecule has 6 heteroatoms. The summed E-state index contributed by atoms with van der Waals surface area (Å²) in [5.41, 5.74) is -0.0513. The molecule has 0 unspecified atom stereocenters. The van der Waals surface area contributed by atoms with Gasteiger partial charge in [-0.25, -0.2) is 0 Å². The van der Waals surface area contributed by atoms with E-state index in [1.165, 1.54) is 0 Å². The number of ether oxygens (including phenoxy) is 1. The minimum absolute atomic E-state index is 0.103. The van der Waals surface area contributed by atoms with E-state index in [0.29, 0.717) is 12.8 Å². The fourth-order valence-electron chi connectivity index (χ4n) is 4.94. The molecule has 6 nitrogen and oxygen atoms in total. The Bertz CT molecular complexity index is 697. The molecule has 0 aliphatic carbocycles. The van der Waals surface area contributed by atoms with Gasteiger partial charge in [-0.2, -0.15) is 0 Å². The molecule has 0 spiro atoms. The lowest BCUT2D eigenvalue weighted by atomic mass is 9.86. The summed E-state index contributed by atoms with van der Waals surface area (Å²) >= 11 is 0. The molecule has 154 valence electrons. The van der Waals surface area contributed by atoms with Gasteiger partial charge in [0.25, 0.3) is 0 Å². The minimum Gasteiger partial charge on any atom is -0.497 e. The zero-order chi connectivity index (χ0) is 20.3. The van der Waals surface area contributed by atoms with Crippen molar-refractivity contribution >= 4 is 11.9 Å². The van der Waals surface area contributed by atoms with Crippen molar-refractivity contribution in [3.05, 3.63) is 29.8 Å². The number of hydrogen-bond donors (Lipinski definition) is 1. The van der Waals surface area contributed by atoms with Crippen LogP contribution in [0.5, 0.6) is 5.75 Å². The predicted molar refractivity (Wildman–Crippen MR) is 107 cm³/mol. The number of benzene rings is 1. The van der Waals surface area contributed by atoms with Crippen LogP contribution in [0.25, 0.3) is 0 Å². The maximum absolute atomic E-state index is 13.5. The Balaban J connectivity index is 1.97. The second-order valence-corrected chi connectivity index (χ2v) is 8.07. The Morgan fingerprint density at radius 2 is 1.75 bits per heavy atom. The quantitative estimate of drug-likeness (QED) is 0.838. The van der Waals surface area contributed by atoms with Crippen LogP contribution in [0, 0.1) is 5.92 Å². The highest BCUT2D eigenvalue weighted by Crippen LogP contribution is 2.48. The first-order chi connectivity index (χ1) is 13.4. The topological polar surface area (TPSA) is 70.1 Å². The minimum atomic E-state index is -1.02. The van der Waals surface area contributed by atoms with Crippen molar-refractivity contribution < 1.29 is 19.4 Å². The maximum Gasteiger partial charge on any atom is 0.324 e. The molecular formula is C22H32N2O4.